The molecule has 6 rings (SSSR count). The quantitative estimate of drug-likeness (QED) is 0.708. The summed E-state index contributed by atoms with van der Waals surface area (Å²) in [5.74, 6) is 8.07. The van der Waals surface area contributed by atoms with Crippen LogP contribution in [0.25, 0.3) is 0 Å². The minimum atomic E-state index is -1.06. The SMILES string of the molecule is COC1CCC2(CC1)Cc1ccc(C#CC3CC3)cc1C21N=C(N)N(Cc2nnc(C)o2)C1=O. The highest BCUT2D eigenvalue weighted by atomic mass is 16.5. The summed E-state index contributed by atoms with van der Waals surface area (Å²) < 4.78 is 11.2. The summed E-state index contributed by atoms with van der Waals surface area (Å²) in [4.78, 5) is 20.8. The summed E-state index contributed by atoms with van der Waals surface area (Å²) >= 11 is 0. The van der Waals surface area contributed by atoms with Crippen molar-refractivity contribution in [2.24, 2.45) is 22.1 Å². The van der Waals surface area contributed by atoms with Gasteiger partial charge < -0.3 is 14.9 Å². The van der Waals surface area contributed by atoms with E-state index < -0.39 is 5.54 Å². The molecule has 3 aliphatic carbocycles. The van der Waals surface area contributed by atoms with Gasteiger partial charge in [-0.25, -0.2) is 4.99 Å². The Kier molecular flexibility index (Phi) is 4.82. The number of carbonyl (C=O) groups excluding carboxylic acids is 1. The lowest BCUT2D eigenvalue weighted by Gasteiger charge is -2.45. The third kappa shape index (κ3) is 3.17. The first-order valence-corrected chi connectivity index (χ1v) is 12.1. The second kappa shape index (κ2) is 7.67. The molecule has 34 heavy (non-hydrogen) atoms. The molecule has 1 unspecified atom stereocenters. The van der Waals surface area contributed by atoms with Crippen LogP contribution in [0.3, 0.4) is 0 Å². The van der Waals surface area contributed by atoms with Gasteiger partial charge in [0.25, 0.3) is 5.91 Å². The number of nitrogens with two attached hydrogens (primary N) is 1. The smallest absolute Gasteiger partial charge is 0.263 e. The molecule has 2 N–H and O–H groups in total. The van der Waals surface area contributed by atoms with Gasteiger partial charge in [0, 0.05) is 30.9 Å². The summed E-state index contributed by atoms with van der Waals surface area (Å²) in [6.07, 6.45) is 6.84. The Morgan fingerprint density at radius 3 is 2.71 bits per heavy atom. The molecule has 1 atom stereocenters. The van der Waals surface area contributed by atoms with Crippen LogP contribution >= 0.6 is 0 Å². The van der Waals surface area contributed by atoms with Crippen molar-refractivity contribution >= 4 is 11.9 Å². The molecule has 2 heterocycles. The van der Waals surface area contributed by atoms with E-state index in [-0.39, 0.29) is 29.9 Å². The van der Waals surface area contributed by atoms with Crippen LogP contribution < -0.4 is 5.73 Å². The summed E-state index contributed by atoms with van der Waals surface area (Å²) in [5, 5.41) is 7.96. The minimum Gasteiger partial charge on any atom is -0.424 e. The lowest BCUT2D eigenvalue weighted by molar-refractivity contribution is -0.138. The zero-order valence-electron chi connectivity index (χ0n) is 19.6. The van der Waals surface area contributed by atoms with Gasteiger partial charge in [-0.15, -0.1) is 10.2 Å². The zero-order chi connectivity index (χ0) is 23.5. The van der Waals surface area contributed by atoms with Crippen molar-refractivity contribution in [3.05, 3.63) is 46.7 Å². The molecular formula is C26H29N5O3. The maximum absolute atomic E-state index is 14.3. The number of hydrogen-bond donors (Lipinski definition) is 1. The third-order valence-electron chi connectivity index (χ3n) is 7.99. The average Bonchev–Trinajstić information content (AvgIpc) is 3.46. The summed E-state index contributed by atoms with van der Waals surface area (Å²) in [6.45, 7) is 1.84. The number of fused-ring (bicyclic) bond motifs is 3. The van der Waals surface area contributed by atoms with Crippen molar-refractivity contribution in [1.29, 1.82) is 0 Å². The van der Waals surface area contributed by atoms with E-state index in [1.807, 2.05) is 0 Å². The van der Waals surface area contributed by atoms with Gasteiger partial charge in [0.05, 0.1) is 6.10 Å². The highest BCUT2D eigenvalue weighted by Crippen LogP contribution is 2.62. The Labute approximate surface area is 199 Å². The highest BCUT2D eigenvalue weighted by molar-refractivity contribution is 6.08. The van der Waals surface area contributed by atoms with Crippen molar-refractivity contribution in [1.82, 2.24) is 15.1 Å². The van der Waals surface area contributed by atoms with E-state index in [2.05, 4.69) is 40.2 Å². The number of methoxy groups -OCH3 is 1. The Bertz CT molecular complexity index is 1240. The largest absolute Gasteiger partial charge is 0.424 e. The molecule has 2 saturated carbocycles. The lowest BCUT2D eigenvalue weighted by Crippen LogP contribution is -2.52. The molecule has 0 radical (unpaired) electrons. The fourth-order valence-corrected chi connectivity index (χ4v) is 6.04. The second-order valence-electron chi connectivity index (χ2n) is 10.1. The van der Waals surface area contributed by atoms with Crippen LogP contribution in [-0.4, -0.2) is 40.2 Å². The first kappa shape index (κ1) is 21.4. The van der Waals surface area contributed by atoms with Crippen molar-refractivity contribution in [3.8, 4) is 11.8 Å². The Hall–Kier alpha value is -3.18. The highest BCUT2D eigenvalue weighted by Gasteiger charge is 2.66. The van der Waals surface area contributed by atoms with Crippen LogP contribution in [0.15, 0.2) is 27.6 Å². The minimum absolute atomic E-state index is 0.109. The topological polar surface area (TPSA) is 107 Å². The van der Waals surface area contributed by atoms with Gasteiger partial charge >= 0.3 is 0 Å². The number of aryl methyl sites for hydroxylation is 1. The van der Waals surface area contributed by atoms with Crippen molar-refractivity contribution in [2.75, 3.05) is 7.11 Å². The summed E-state index contributed by atoms with van der Waals surface area (Å²) in [7, 11) is 1.76. The van der Waals surface area contributed by atoms with Crippen molar-refractivity contribution in [2.45, 2.75) is 70.1 Å². The van der Waals surface area contributed by atoms with E-state index in [4.69, 9.17) is 19.9 Å². The average molecular weight is 460 g/mol. The number of ether oxygens (including phenoxy) is 1. The van der Waals surface area contributed by atoms with Crippen molar-refractivity contribution < 1.29 is 13.9 Å². The van der Waals surface area contributed by atoms with Gasteiger partial charge in [-0.3, -0.25) is 9.69 Å². The summed E-state index contributed by atoms with van der Waals surface area (Å²) in [5.41, 5.74) is 8.08. The fourth-order valence-electron chi connectivity index (χ4n) is 6.04. The van der Waals surface area contributed by atoms with Crippen molar-refractivity contribution in [3.63, 3.8) is 0 Å². The Morgan fingerprint density at radius 2 is 2.03 bits per heavy atom. The number of hydrogen-bond acceptors (Lipinski definition) is 7. The van der Waals surface area contributed by atoms with Crippen LogP contribution in [-0.2, 0) is 28.0 Å². The molecule has 2 aromatic rings. The number of guanidine groups is 1. The number of benzene rings is 1. The first-order valence-electron chi connectivity index (χ1n) is 12.1. The number of amides is 1. The van der Waals surface area contributed by atoms with Crippen LogP contribution in [0.2, 0.25) is 0 Å². The van der Waals surface area contributed by atoms with Gasteiger partial charge in [-0.2, -0.15) is 0 Å². The molecular weight excluding hydrogens is 430 g/mol. The van der Waals surface area contributed by atoms with E-state index in [0.29, 0.717) is 17.7 Å². The van der Waals surface area contributed by atoms with E-state index in [0.717, 1.165) is 48.8 Å². The van der Waals surface area contributed by atoms with Crippen LogP contribution in [0.4, 0.5) is 0 Å². The first-order chi connectivity index (χ1) is 16.4. The van der Waals surface area contributed by atoms with Gasteiger partial charge in [-0.05, 0) is 68.2 Å². The zero-order valence-corrected chi connectivity index (χ0v) is 19.6. The molecule has 0 bridgehead atoms. The van der Waals surface area contributed by atoms with E-state index in [1.165, 1.54) is 17.7 Å². The normalized spacial score (nSPS) is 29.9. The summed E-state index contributed by atoms with van der Waals surface area (Å²) in [6, 6.07) is 6.29. The number of aromatic nitrogens is 2. The maximum Gasteiger partial charge on any atom is 0.263 e. The van der Waals surface area contributed by atoms with Gasteiger partial charge in [0.2, 0.25) is 11.8 Å². The van der Waals surface area contributed by atoms with Crippen LogP contribution in [0.1, 0.15) is 67.0 Å². The molecule has 1 aromatic carbocycles. The molecule has 0 saturated heterocycles. The second-order valence-corrected chi connectivity index (χ2v) is 10.1. The molecule has 8 heteroatoms. The third-order valence-corrected chi connectivity index (χ3v) is 7.99. The molecule has 2 fully saturated rings. The molecule has 8 nitrogen and oxygen atoms in total. The molecule has 4 aliphatic rings. The van der Waals surface area contributed by atoms with Gasteiger partial charge in [-0.1, -0.05) is 17.9 Å². The van der Waals surface area contributed by atoms with Crippen LogP contribution in [0.5, 0.6) is 0 Å². The molecule has 1 aromatic heterocycles. The lowest BCUT2D eigenvalue weighted by atomic mass is 9.61. The molecule has 1 amide bonds. The van der Waals surface area contributed by atoms with Crippen LogP contribution in [0, 0.1) is 30.1 Å². The number of aliphatic imine (C=N–C) groups is 1. The predicted molar refractivity (Wildman–Crippen MR) is 124 cm³/mol. The van der Waals surface area contributed by atoms with E-state index in [1.54, 1.807) is 14.0 Å². The number of carbonyl (C=O) groups is 1. The number of nitrogens with zero attached hydrogens (tertiary/aromatic N) is 4. The van der Waals surface area contributed by atoms with E-state index in [9.17, 15) is 4.79 Å². The molecule has 2 spiro atoms. The molecule has 176 valence electrons. The predicted octanol–water partition coefficient (Wildman–Crippen LogP) is 2.82. The monoisotopic (exact) mass is 459 g/mol. The fraction of sp³-hybridized carbons (Fsp3) is 0.538. The standard InChI is InChI=1S/C26H29N5O3/c1-16-29-30-22(34-16)15-31-23(32)26(28-24(31)27)21-13-18(6-5-17-3-4-17)7-8-19(21)14-25(26)11-9-20(33-2)10-12-25/h7-8,13,17,20H,3-4,9-12,14-15H2,1-2H3,(H2,27,28). The van der Waals surface area contributed by atoms with Gasteiger partial charge in [0.1, 0.15) is 6.54 Å². The maximum atomic E-state index is 14.3. The Morgan fingerprint density at radius 1 is 1.24 bits per heavy atom. The number of rotatable bonds is 3. The molecule has 1 aliphatic heterocycles. The van der Waals surface area contributed by atoms with Gasteiger partial charge in [0.15, 0.2) is 11.5 Å². The Balaban J connectivity index is 1.44. The van der Waals surface area contributed by atoms with E-state index >= 15 is 0 Å².